The van der Waals surface area contributed by atoms with Gasteiger partial charge in [0.25, 0.3) is 0 Å². The number of hydrogen-bond donors (Lipinski definition) is 1. The lowest BCUT2D eigenvalue weighted by Gasteiger charge is -2.03. The molecule has 0 saturated heterocycles. The molecule has 0 bridgehead atoms. The fourth-order valence-corrected chi connectivity index (χ4v) is 2.63. The van der Waals surface area contributed by atoms with Gasteiger partial charge in [-0.25, -0.2) is 0 Å². The fraction of sp³-hybridized carbons (Fsp3) is 0.211. The van der Waals surface area contributed by atoms with Crippen molar-refractivity contribution in [2.75, 3.05) is 12.3 Å². The minimum absolute atomic E-state index is 0.0273. The Morgan fingerprint density at radius 2 is 1.82 bits per heavy atom. The third-order valence-corrected chi connectivity index (χ3v) is 4.01. The average Bonchev–Trinajstić information content (AvgIpc) is 2.54. The molecule has 1 N–H and O–H groups in total. The maximum absolute atomic E-state index is 11.7. The maximum Gasteiger partial charge on any atom is 0.230 e. The predicted octanol–water partition coefficient (Wildman–Crippen LogP) is 3.40. The van der Waals surface area contributed by atoms with Crippen LogP contribution in [0, 0.1) is 18.8 Å². The molecule has 2 nitrogen and oxygen atoms in total. The van der Waals surface area contributed by atoms with E-state index in [2.05, 4.69) is 48.3 Å². The molecule has 0 atom stereocenters. The van der Waals surface area contributed by atoms with Crippen LogP contribution in [0.3, 0.4) is 0 Å². The van der Waals surface area contributed by atoms with Gasteiger partial charge in [0.2, 0.25) is 5.91 Å². The summed E-state index contributed by atoms with van der Waals surface area (Å²) < 4.78 is 0. The van der Waals surface area contributed by atoms with Crippen molar-refractivity contribution in [2.45, 2.75) is 12.7 Å². The molecule has 2 rings (SSSR count). The van der Waals surface area contributed by atoms with Crippen LogP contribution in [0.15, 0.2) is 54.6 Å². The summed E-state index contributed by atoms with van der Waals surface area (Å²) in [4.78, 5) is 11.7. The van der Waals surface area contributed by atoms with E-state index in [1.54, 1.807) is 11.8 Å². The molecule has 0 aliphatic heterocycles. The number of nitrogens with one attached hydrogen (secondary N) is 1. The predicted molar refractivity (Wildman–Crippen MR) is 93.7 cm³/mol. The topological polar surface area (TPSA) is 29.1 Å². The molecule has 0 radical (unpaired) electrons. The molecule has 0 heterocycles. The first-order chi connectivity index (χ1) is 10.7. The van der Waals surface area contributed by atoms with Crippen LogP contribution in [0.1, 0.15) is 16.7 Å². The second-order valence-corrected chi connectivity index (χ2v) is 5.91. The Morgan fingerprint density at radius 1 is 1.09 bits per heavy atom. The van der Waals surface area contributed by atoms with Crippen molar-refractivity contribution in [1.82, 2.24) is 5.32 Å². The Morgan fingerprint density at radius 3 is 2.55 bits per heavy atom. The van der Waals surface area contributed by atoms with E-state index in [9.17, 15) is 4.79 Å². The van der Waals surface area contributed by atoms with Crippen LogP contribution >= 0.6 is 11.8 Å². The smallest absolute Gasteiger partial charge is 0.230 e. The molecule has 112 valence electrons. The number of benzene rings is 2. The van der Waals surface area contributed by atoms with Gasteiger partial charge in [-0.2, -0.15) is 0 Å². The molecule has 2 aromatic rings. The van der Waals surface area contributed by atoms with Gasteiger partial charge in [0.05, 0.1) is 12.3 Å². The van der Waals surface area contributed by atoms with Gasteiger partial charge in [0, 0.05) is 11.3 Å². The standard InChI is InChI=1S/C19H19NOS/c1-16-9-11-18(12-10-16)14-22-15-19(21)20-13-5-8-17-6-3-2-4-7-17/h2-4,6-7,9-12H,13-15H2,1H3,(H,20,21). The lowest BCUT2D eigenvalue weighted by molar-refractivity contribution is -0.118. The molecule has 0 unspecified atom stereocenters. The van der Waals surface area contributed by atoms with E-state index in [-0.39, 0.29) is 5.91 Å². The number of thioether (sulfide) groups is 1. The highest BCUT2D eigenvalue weighted by molar-refractivity contribution is 7.99. The highest BCUT2D eigenvalue weighted by atomic mass is 32.2. The van der Waals surface area contributed by atoms with Crippen LogP contribution < -0.4 is 5.32 Å². The lowest BCUT2D eigenvalue weighted by atomic mass is 10.2. The molecule has 0 spiro atoms. The van der Waals surface area contributed by atoms with Gasteiger partial charge < -0.3 is 5.32 Å². The van der Waals surface area contributed by atoms with Crippen LogP contribution in [0.4, 0.5) is 0 Å². The van der Waals surface area contributed by atoms with Crippen molar-refractivity contribution in [1.29, 1.82) is 0 Å². The zero-order valence-corrected chi connectivity index (χ0v) is 13.5. The van der Waals surface area contributed by atoms with Crippen LogP contribution in [0.2, 0.25) is 0 Å². The molecule has 0 saturated carbocycles. The highest BCUT2D eigenvalue weighted by Crippen LogP contribution is 2.12. The Hall–Kier alpha value is -2.18. The van der Waals surface area contributed by atoms with E-state index >= 15 is 0 Å². The summed E-state index contributed by atoms with van der Waals surface area (Å²) >= 11 is 1.61. The minimum atomic E-state index is 0.0273. The van der Waals surface area contributed by atoms with Crippen molar-refractivity contribution < 1.29 is 4.79 Å². The Balaban J connectivity index is 1.64. The van der Waals surface area contributed by atoms with Gasteiger partial charge in [-0.3, -0.25) is 4.79 Å². The SMILES string of the molecule is Cc1ccc(CSCC(=O)NCC#Cc2ccccc2)cc1. The maximum atomic E-state index is 11.7. The molecule has 0 aliphatic rings. The molecular weight excluding hydrogens is 290 g/mol. The van der Waals surface area contributed by atoms with E-state index in [0.717, 1.165) is 11.3 Å². The third kappa shape index (κ3) is 6.07. The summed E-state index contributed by atoms with van der Waals surface area (Å²) in [6, 6.07) is 18.1. The summed E-state index contributed by atoms with van der Waals surface area (Å²) in [6.45, 7) is 2.46. The average molecular weight is 309 g/mol. The fourth-order valence-electron chi connectivity index (χ4n) is 1.81. The second-order valence-electron chi connectivity index (χ2n) is 4.92. The largest absolute Gasteiger partial charge is 0.344 e. The summed E-state index contributed by atoms with van der Waals surface area (Å²) in [5.74, 6) is 7.31. The zero-order valence-electron chi connectivity index (χ0n) is 12.6. The number of carbonyl (C=O) groups is 1. The van der Waals surface area contributed by atoms with Crippen molar-refractivity contribution in [3.63, 3.8) is 0 Å². The number of aryl methyl sites for hydroxylation is 1. The number of carbonyl (C=O) groups excluding carboxylic acids is 1. The molecule has 0 aliphatic carbocycles. The molecule has 22 heavy (non-hydrogen) atoms. The Bertz CT molecular complexity index is 653. The first-order valence-corrected chi connectivity index (χ1v) is 8.33. The molecule has 0 aromatic heterocycles. The first-order valence-electron chi connectivity index (χ1n) is 7.18. The van der Waals surface area contributed by atoms with E-state index in [0.29, 0.717) is 12.3 Å². The highest BCUT2D eigenvalue weighted by Gasteiger charge is 2.00. The van der Waals surface area contributed by atoms with Crippen LogP contribution in [0.5, 0.6) is 0 Å². The zero-order chi connectivity index (χ0) is 15.6. The minimum Gasteiger partial charge on any atom is -0.344 e. The summed E-state index contributed by atoms with van der Waals surface area (Å²) in [5, 5.41) is 2.81. The van der Waals surface area contributed by atoms with Crippen LogP contribution in [-0.4, -0.2) is 18.2 Å². The quantitative estimate of drug-likeness (QED) is 0.858. The second kappa shape index (κ2) is 8.96. The third-order valence-electron chi connectivity index (χ3n) is 3.00. The first kappa shape index (κ1) is 16.2. The molecule has 0 fully saturated rings. The van der Waals surface area contributed by atoms with Gasteiger partial charge in [-0.15, -0.1) is 11.8 Å². The molecular formula is C19H19NOS. The molecule has 3 heteroatoms. The Kier molecular flexibility index (Phi) is 6.60. The van der Waals surface area contributed by atoms with Gasteiger partial charge in [-0.05, 0) is 24.6 Å². The Labute approximate surface area is 136 Å². The van der Waals surface area contributed by atoms with Crippen molar-refractivity contribution in [3.05, 3.63) is 71.3 Å². The van der Waals surface area contributed by atoms with E-state index in [4.69, 9.17) is 0 Å². The van der Waals surface area contributed by atoms with E-state index < -0.39 is 0 Å². The summed E-state index contributed by atoms with van der Waals surface area (Å²) in [5.41, 5.74) is 3.46. The van der Waals surface area contributed by atoms with E-state index in [1.807, 2.05) is 30.3 Å². The molecule has 2 aromatic carbocycles. The summed E-state index contributed by atoms with van der Waals surface area (Å²) in [7, 11) is 0. The number of hydrogen-bond acceptors (Lipinski definition) is 2. The molecule has 1 amide bonds. The monoisotopic (exact) mass is 309 g/mol. The van der Waals surface area contributed by atoms with Gasteiger partial charge in [-0.1, -0.05) is 59.9 Å². The van der Waals surface area contributed by atoms with E-state index in [1.165, 1.54) is 11.1 Å². The van der Waals surface area contributed by atoms with Gasteiger partial charge in [0.15, 0.2) is 0 Å². The number of amides is 1. The summed E-state index contributed by atoms with van der Waals surface area (Å²) in [6.07, 6.45) is 0. The lowest BCUT2D eigenvalue weighted by Crippen LogP contribution is -2.25. The normalized spacial score (nSPS) is 9.68. The van der Waals surface area contributed by atoms with Crippen molar-refractivity contribution >= 4 is 17.7 Å². The van der Waals surface area contributed by atoms with Gasteiger partial charge in [0.1, 0.15) is 0 Å². The van der Waals surface area contributed by atoms with Crippen molar-refractivity contribution in [3.8, 4) is 11.8 Å². The van der Waals surface area contributed by atoms with Crippen LogP contribution in [0.25, 0.3) is 0 Å². The van der Waals surface area contributed by atoms with Gasteiger partial charge >= 0.3 is 0 Å². The van der Waals surface area contributed by atoms with Crippen molar-refractivity contribution in [2.24, 2.45) is 0 Å². The number of rotatable bonds is 5. The van der Waals surface area contributed by atoms with Crippen LogP contribution in [-0.2, 0) is 10.5 Å².